The summed E-state index contributed by atoms with van der Waals surface area (Å²) in [5.74, 6) is 0.943. The molecule has 1 saturated carbocycles. The molecule has 1 aliphatic heterocycles. The van der Waals surface area contributed by atoms with E-state index in [-0.39, 0.29) is 35.6 Å². The molecule has 1 fully saturated rings. The summed E-state index contributed by atoms with van der Waals surface area (Å²) in [6, 6.07) is 7.83. The standard InChI is InChI=1S/C22H20F3N5O2/c1-26-14-6-4-8-16(14)32-17-10-31-15-7-3-2-5-12(15)19(17)30-21-13-9-18(22(23,24)25)29-20(13)27-11-28-21/h2-3,5,7,9,11,14,16-17,19H,4,6,8,10H2,(H2,27,28,29,30)/t14?,16?,17-,19-/m0/s1. The molecule has 3 aromatic rings. The highest BCUT2D eigenvalue weighted by molar-refractivity contribution is 5.88. The van der Waals surface area contributed by atoms with Gasteiger partial charge in [0.15, 0.2) is 0 Å². The highest BCUT2D eigenvalue weighted by atomic mass is 19.4. The molecule has 0 amide bonds. The predicted octanol–water partition coefficient (Wildman–Crippen LogP) is 4.75. The van der Waals surface area contributed by atoms with E-state index in [4.69, 9.17) is 16.0 Å². The first kappa shape index (κ1) is 20.6. The van der Waals surface area contributed by atoms with Crippen molar-refractivity contribution in [3.05, 3.63) is 59.3 Å². The van der Waals surface area contributed by atoms with Crippen molar-refractivity contribution in [3.63, 3.8) is 0 Å². The molecule has 4 atom stereocenters. The SMILES string of the molecule is [C-]#[N+]C1CCCC1O[C@H]1COc2ccccc2[C@@H]1Nc1ncnc2[nH]c(C(F)(F)F)cc12. The number of H-pyrrole nitrogens is 1. The summed E-state index contributed by atoms with van der Waals surface area (Å²) in [4.78, 5) is 14.2. The van der Waals surface area contributed by atoms with E-state index < -0.39 is 24.0 Å². The number of aromatic nitrogens is 3. The predicted molar refractivity (Wildman–Crippen MR) is 110 cm³/mol. The third-order valence-corrected chi connectivity index (χ3v) is 5.99. The quantitative estimate of drug-likeness (QED) is 0.570. The lowest BCUT2D eigenvalue weighted by Gasteiger charge is -2.35. The molecule has 0 spiro atoms. The number of alkyl halides is 3. The Labute approximate surface area is 181 Å². The average Bonchev–Trinajstić information content (AvgIpc) is 3.42. The van der Waals surface area contributed by atoms with Gasteiger partial charge in [0.2, 0.25) is 6.04 Å². The number of nitrogens with zero attached hydrogens (tertiary/aromatic N) is 3. The van der Waals surface area contributed by atoms with E-state index in [0.29, 0.717) is 5.75 Å². The van der Waals surface area contributed by atoms with Crippen LogP contribution in [0.3, 0.4) is 0 Å². The molecule has 7 nitrogen and oxygen atoms in total. The number of para-hydroxylation sites is 1. The molecule has 10 heteroatoms. The Morgan fingerprint density at radius 1 is 1.19 bits per heavy atom. The second kappa shape index (κ2) is 7.98. The molecule has 1 aliphatic carbocycles. The zero-order valence-electron chi connectivity index (χ0n) is 16.9. The van der Waals surface area contributed by atoms with Crippen LogP contribution in [0.2, 0.25) is 0 Å². The molecule has 0 saturated heterocycles. The average molecular weight is 443 g/mol. The molecule has 2 aliphatic rings. The summed E-state index contributed by atoms with van der Waals surface area (Å²) in [6.07, 6.45) is -1.43. The molecule has 5 rings (SSSR count). The van der Waals surface area contributed by atoms with Crippen molar-refractivity contribution < 1.29 is 22.6 Å². The molecule has 0 bridgehead atoms. The van der Waals surface area contributed by atoms with Crippen LogP contribution in [-0.4, -0.2) is 39.8 Å². The second-order valence-electron chi connectivity index (χ2n) is 7.98. The van der Waals surface area contributed by atoms with Gasteiger partial charge in [0.25, 0.3) is 0 Å². The van der Waals surface area contributed by atoms with Crippen LogP contribution in [0.1, 0.15) is 36.6 Å². The van der Waals surface area contributed by atoms with Gasteiger partial charge in [-0.15, -0.1) is 0 Å². The van der Waals surface area contributed by atoms with Crippen molar-refractivity contribution in [1.82, 2.24) is 15.0 Å². The summed E-state index contributed by atoms with van der Waals surface area (Å²) >= 11 is 0. The third-order valence-electron chi connectivity index (χ3n) is 5.99. The Morgan fingerprint density at radius 2 is 2.03 bits per heavy atom. The van der Waals surface area contributed by atoms with E-state index in [0.717, 1.165) is 30.9 Å². The van der Waals surface area contributed by atoms with Gasteiger partial charge in [-0.3, -0.25) is 0 Å². The summed E-state index contributed by atoms with van der Waals surface area (Å²) in [5, 5.41) is 3.52. The van der Waals surface area contributed by atoms with Crippen molar-refractivity contribution in [2.45, 2.75) is 49.7 Å². The molecule has 2 unspecified atom stereocenters. The number of rotatable bonds is 4. The first-order valence-electron chi connectivity index (χ1n) is 10.4. The summed E-state index contributed by atoms with van der Waals surface area (Å²) in [6.45, 7) is 7.68. The van der Waals surface area contributed by atoms with Gasteiger partial charge in [0, 0.05) is 12.0 Å². The van der Waals surface area contributed by atoms with Gasteiger partial charge in [-0.05, 0) is 25.0 Å². The fourth-order valence-electron chi connectivity index (χ4n) is 4.42. The van der Waals surface area contributed by atoms with Crippen molar-refractivity contribution in [2.24, 2.45) is 0 Å². The summed E-state index contributed by atoms with van der Waals surface area (Å²) < 4.78 is 51.9. The van der Waals surface area contributed by atoms with E-state index in [2.05, 4.69) is 25.1 Å². The van der Waals surface area contributed by atoms with E-state index in [1.807, 2.05) is 24.3 Å². The van der Waals surface area contributed by atoms with Crippen LogP contribution in [0.15, 0.2) is 36.7 Å². The lowest BCUT2D eigenvalue weighted by Crippen LogP contribution is -2.41. The molecule has 32 heavy (non-hydrogen) atoms. The van der Waals surface area contributed by atoms with Gasteiger partial charge < -0.3 is 24.6 Å². The fraction of sp³-hybridized carbons (Fsp3) is 0.409. The number of ether oxygens (including phenoxy) is 2. The van der Waals surface area contributed by atoms with Gasteiger partial charge >= 0.3 is 6.18 Å². The summed E-state index contributed by atoms with van der Waals surface area (Å²) in [5.41, 5.74) is 0.0260. The van der Waals surface area contributed by atoms with Crippen LogP contribution in [0, 0.1) is 6.57 Å². The van der Waals surface area contributed by atoms with E-state index in [1.54, 1.807) is 0 Å². The third kappa shape index (κ3) is 3.73. The van der Waals surface area contributed by atoms with Crippen molar-refractivity contribution >= 4 is 16.9 Å². The van der Waals surface area contributed by atoms with Gasteiger partial charge in [-0.2, -0.15) is 13.2 Å². The summed E-state index contributed by atoms with van der Waals surface area (Å²) in [7, 11) is 0. The van der Waals surface area contributed by atoms with Gasteiger partial charge in [-0.25, -0.2) is 16.5 Å². The van der Waals surface area contributed by atoms with Gasteiger partial charge in [0.1, 0.15) is 48.1 Å². The normalized spacial score (nSPS) is 25.2. The molecular formula is C22H20F3N5O2. The van der Waals surface area contributed by atoms with Crippen molar-refractivity contribution in [2.75, 3.05) is 11.9 Å². The molecule has 3 heterocycles. The van der Waals surface area contributed by atoms with Crippen LogP contribution in [0.5, 0.6) is 5.75 Å². The number of hydrogen-bond donors (Lipinski definition) is 2. The molecule has 2 aromatic heterocycles. The fourth-order valence-corrected chi connectivity index (χ4v) is 4.42. The highest BCUT2D eigenvalue weighted by Gasteiger charge is 2.40. The molecule has 2 N–H and O–H groups in total. The van der Waals surface area contributed by atoms with E-state index in [9.17, 15) is 13.2 Å². The smallest absolute Gasteiger partial charge is 0.431 e. The number of halogens is 3. The molecule has 0 radical (unpaired) electrons. The van der Waals surface area contributed by atoms with E-state index in [1.165, 1.54) is 6.33 Å². The van der Waals surface area contributed by atoms with Crippen molar-refractivity contribution in [3.8, 4) is 5.75 Å². The van der Waals surface area contributed by atoms with Crippen LogP contribution >= 0.6 is 0 Å². The van der Waals surface area contributed by atoms with Crippen LogP contribution in [0.25, 0.3) is 15.9 Å². The minimum Gasteiger partial charge on any atom is -0.490 e. The van der Waals surface area contributed by atoms with Gasteiger partial charge in [-0.1, -0.05) is 18.2 Å². The number of nitrogens with one attached hydrogen (secondary N) is 2. The Balaban J connectivity index is 1.50. The minimum atomic E-state index is -4.52. The Bertz CT molecular complexity index is 1170. The van der Waals surface area contributed by atoms with Crippen LogP contribution in [-0.2, 0) is 10.9 Å². The second-order valence-corrected chi connectivity index (χ2v) is 7.98. The zero-order chi connectivity index (χ0) is 22.3. The maximum atomic E-state index is 13.2. The largest absolute Gasteiger partial charge is 0.490 e. The lowest BCUT2D eigenvalue weighted by molar-refractivity contribution is -0.140. The van der Waals surface area contributed by atoms with E-state index >= 15 is 0 Å². The van der Waals surface area contributed by atoms with Crippen molar-refractivity contribution in [1.29, 1.82) is 0 Å². The Kier molecular flexibility index (Phi) is 5.13. The number of anilines is 1. The maximum Gasteiger partial charge on any atom is 0.431 e. The Morgan fingerprint density at radius 3 is 2.84 bits per heavy atom. The zero-order valence-corrected chi connectivity index (χ0v) is 16.9. The monoisotopic (exact) mass is 443 g/mol. The number of aromatic amines is 1. The minimum absolute atomic E-state index is 0.0940. The number of benzene rings is 1. The number of hydrogen-bond acceptors (Lipinski definition) is 5. The molecular weight excluding hydrogens is 423 g/mol. The highest BCUT2D eigenvalue weighted by Crippen LogP contribution is 2.39. The maximum absolute atomic E-state index is 13.2. The lowest BCUT2D eigenvalue weighted by atomic mass is 9.97. The first-order valence-corrected chi connectivity index (χ1v) is 10.4. The molecule has 1 aromatic carbocycles. The first-order chi connectivity index (χ1) is 15.4. The van der Waals surface area contributed by atoms with Crippen LogP contribution < -0.4 is 10.1 Å². The topological polar surface area (TPSA) is 76.4 Å². The Hall–Kier alpha value is -3.32. The number of fused-ring (bicyclic) bond motifs is 2. The molecule has 166 valence electrons. The van der Waals surface area contributed by atoms with Gasteiger partial charge in [0.05, 0.1) is 11.4 Å². The van der Waals surface area contributed by atoms with Crippen LogP contribution in [0.4, 0.5) is 19.0 Å².